The number of esters is 2. The lowest BCUT2D eigenvalue weighted by molar-refractivity contribution is -0.165. The average molecular weight is 419 g/mol. The van der Waals surface area contributed by atoms with Gasteiger partial charge in [0.05, 0.1) is 12.5 Å². The SMILES string of the molecule is CCOC(=O)/C=C/c1ccc(OC(C)(C)CC(C)(C)OC(=O)C(C)CC(C)C)cc1. The normalized spacial score (nSPS) is 13.4. The molecule has 30 heavy (non-hydrogen) atoms. The standard InChI is InChI=1S/C25H38O5/c1-9-28-22(26)15-12-20-10-13-21(14-11-20)29-24(5,6)17-25(7,8)30-23(27)19(4)16-18(2)3/h10-15,18-19H,9,16-17H2,1-8H3/b15-12+. The predicted octanol–water partition coefficient (Wildman–Crippen LogP) is 5.81. The molecule has 0 spiro atoms. The van der Waals surface area contributed by atoms with Crippen molar-refractivity contribution >= 4 is 18.0 Å². The highest BCUT2D eigenvalue weighted by molar-refractivity contribution is 5.87. The van der Waals surface area contributed by atoms with E-state index in [-0.39, 0.29) is 17.9 Å². The molecule has 0 aliphatic heterocycles. The van der Waals surface area contributed by atoms with Gasteiger partial charge in [-0.25, -0.2) is 4.79 Å². The molecule has 0 amide bonds. The van der Waals surface area contributed by atoms with Gasteiger partial charge in [0.2, 0.25) is 0 Å². The van der Waals surface area contributed by atoms with Crippen LogP contribution in [0.25, 0.3) is 6.08 Å². The van der Waals surface area contributed by atoms with Gasteiger partial charge in [-0.3, -0.25) is 4.79 Å². The number of ether oxygens (including phenoxy) is 3. The van der Waals surface area contributed by atoms with Gasteiger partial charge in [-0.1, -0.05) is 32.9 Å². The molecule has 0 heterocycles. The van der Waals surface area contributed by atoms with E-state index < -0.39 is 11.2 Å². The molecule has 5 nitrogen and oxygen atoms in total. The quantitative estimate of drug-likeness (QED) is 0.335. The predicted molar refractivity (Wildman–Crippen MR) is 120 cm³/mol. The Morgan fingerprint density at radius 2 is 1.60 bits per heavy atom. The van der Waals surface area contributed by atoms with Gasteiger partial charge in [-0.05, 0) is 70.7 Å². The van der Waals surface area contributed by atoms with Crippen molar-refractivity contribution in [2.45, 2.75) is 79.4 Å². The minimum absolute atomic E-state index is 0.122. The molecule has 0 aromatic heterocycles. The molecule has 0 saturated heterocycles. The van der Waals surface area contributed by atoms with Crippen LogP contribution in [0.3, 0.4) is 0 Å². The highest BCUT2D eigenvalue weighted by Crippen LogP contribution is 2.30. The molecule has 0 aliphatic carbocycles. The summed E-state index contributed by atoms with van der Waals surface area (Å²) in [5, 5.41) is 0. The molecule has 5 heteroatoms. The van der Waals surface area contributed by atoms with E-state index in [0.717, 1.165) is 12.0 Å². The number of carbonyl (C=O) groups excluding carboxylic acids is 2. The minimum Gasteiger partial charge on any atom is -0.488 e. The van der Waals surface area contributed by atoms with E-state index in [1.807, 2.05) is 58.9 Å². The van der Waals surface area contributed by atoms with Crippen molar-refractivity contribution in [3.05, 3.63) is 35.9 Å². The van der Waals surface area contributed by atoms with Crippen molar-refractivity contribution in [2.24, 2.45) is 11.8 Å². The van der Waals surface area contributed by atoms with Gasteiger partial charge < -0.3 is 14.2 Å². The van der Waals surface area contributed by atoms with Gasteiger partial charge >= 0.3 is 11.9 Å². The van der Waals surface area contributed by atoms with E-state index in [1.165, 1.54) is 6.08 Å². The summed E-state index contributed by atoms with van der Waals surface area (Å²) in [6, 6.07) is 7.46. The van der Waals surface area contributed by atoms with E-state index in [4.69, 9.17) is 14.2 Å². The molecule has 0 fully saturated rings. The molecule has 0 aliphatic rings. The first-order chi connectivity index (χ1) is 13.8. The molecule has 0 bridgehead atoms. The Balaban J connectivity index is 2.69. The highest BCUT2D eigenvalue weighted by Gasteiger charge is 2.34. The lowest BCUT2D eigenvalue weighted by Gasteiger charge is -2.35. The summed E-state index contributed by atoms with van der Waals surface area (Å²) in [6.07, 6.45) is 4.46. The summed E-state index contributed by atoms with van der Waals surface area (Å²) < 4.78 is 16.8. The highest BCUT2D eigenvalue weighted by atomic mass is 16.6. The summed E-state index contributed by atoms with van der Waals surface area (Å²) >= 11 is 0. The summed E-state index contributed by atoms with van der Waals surface area (Å²) in [5.74, 6) is 0.512. The molecule has 1 rings (SSSR count). The molecule has 168 valence electrons. The van der Waals surface area contributed by atoms with Gasteiger partial charge in [-0.15, -0.1) is 0 Å². The Morgan fingerprint density at radius 1 is 1.00 bits per heavy atom. The fourth-order valence-electron chi connectivity index (χ4n) is 3.59. The number of rotatable bonds is 11. The van der Waals surface area contributed by atoms with Crippen LogP contribution in [0.4, 0.5) is 0 Å². The Labute approximate surface area is 181 Å². The van der Waals surface area contributed by atoms with Crippen LogP contribution in [0.2, 0.25) is 0 Å². The molecule has 1 atom stereocenters. The van der Waals surface area contributed by atoms with Crippen LogP contribution in [0.5, 0.6) is 5.75 Å². The second-order valence-corrected chi connectivity index (χ2v) is 9.40. The minimum atomic E-state index is -0.645. The molecular formula is C25H38O5. The van der Waals surface area contributed by atoms with Gasteiger partial charge in [0.15, 0.2) is 0 Å². The lowest BCUT2D eigenvalue weighted by Crippen LogP contribution is -2.41. The third-order valence-corrected chi connectivity index (χ3v) is 4.43. The zero-order valence-corrected chi connectivity index (χ0v) is 19.8. The van der Waals surface area contributed by atoms with Gasteiger partial charge in [-0.2, -0.15) is 0 Å². The second kappa shape index (κ2) is 11.2. The van der Waals surface area contributed by atoms with E-state index in [1.54, 1.807) is 13.0 Å². The maximum atomic E-state index is 12.4. The van der Waals surface area contributed by atoms with Crippen molar-refractivity contribution in [3.8, 4) is 5.75 Å². The van der Waals surface area contributed by atoms with Crippen LogP contribution in [0, 0.1) is 11.8 Å². The summed E-state index contributed by atoms with van der Waals surface area (Å²) in [7, 11) is 0. The molecule has 1 aromatic carbocycles. The monoisotopic (exact) mass is 418 g/mol. The first-order valence-electron chi connectivity index (χ1n) is 10.7. The van der Waals surface area contributed by atoms with Crippen LogP contribution in [-0.2, 0) is 19.1 Å². The third kappa shape index (κ3) is 9.95. The summed E-state index contributed by atoms with van der Waals surface area (Å²) in [5.41, 5.74) is -0.303. The Kier molecular flexibility index (Phi) is 9.60. The molecule has 1 aromatic rings. The number of hydrogen-bond acceptors (Lipinski definition) is 5. The molecular weight excluding hydrogens is 380 g/mol. The molecule has 1 unspecified atom stereocenters. The number of hydrogen-bond donors (Lipinski definition) is 0. The number of carbonyl (C=O) groups is 2. The zero-order chi connectivity index (χ0) is 22.9. The smallest absolute Gasteiger partial charge is 0.330 e. The fraction of sp³-hybridized carbons (Fsp3) is 0.600. The van der Waals surface area contributed by atoms with Crippen LogP contribution >= 0.6 is 0 Å². The maximum Gasteiger partial charge on any atom is 0.330 e. The fourth-order valence-corrected chi connectivity index (χ4v) is 3.59. The Morgan fingerprint density at radius 3 is 2.13 bits per heavy atom. The van der Waals surface area contributed by atoms with Crippen molar-refractivity contribution in [2.75, 3.05) is 6.61 Å². The lowest BCUT2D eigenvalue weighted by atomic mass is 9.91. The molecule has 0 N–H and O–H groups in total. The van der Waals surface area contributed by atoms with Crippen molar-refractivity contribution in [1.82, 2.24) is 0 Å². The van der Waals surface area contributed by atoms with E-state index in [9.17, 15) is 9.59 Å². The van der Waals surface area contributed by atoms with Crippen molar-refractivity contribution < 1.29 is 23.8 Å². The molecule has 0 saturated carbocycles. The van der Waals surface area contributed by atoms with Crippen LogP contribution in [0.15, 0.2) is 30.3 Å². The van der Waals surface area contributed by atoms with Gasteiger partial charge in [0.1, 0.15) is 17.0 Å². The van der Waals surface area contributed by atoms with Crippen molar-refractivity contribution in [3.63, 3.8) is 0 Å². The number of benzene rings is 1. The van der Waals surface area contributed by atoms with Gasteiger partial charge in [0, 0.05) is 12.5 Å². The van der Waals surface area contributed by atoms with Crippen LogP contribution < -0.4 is 4.74 Å². The van der Waals surface area contributed by atoms with E-state index in [0.29, 0.717) is 24.7 Å². The average Bonchev–Trinajstić information content (AvgIpc) is 2.59. The maximum absolute atomic E-state index is 12.4. The third-order valence-electron chi connectivity index (χ3n) is 4.43. The van der Waals surface area contributed by atoms with Crippen molar-refractivity contribution in [1.29, 1.82) is 0 Å². The Hall–Kier alpha value is -2.30. The largest absolute Gasteiger partial charge is 0.488 e. The van der Waals surface area contributed by atoms with Gasteiger partial charge in [0.25, 0.3) is 0 Å². The van der Waals surface area contributed by atoms with Crippen LogP contribution in [-0.4, -0.2) is 29.7 Å². The summed E-state index contributed by atoms with van der Waals surface area (Å²) in [6.45, 7) is 16.0. The second-order valence-electron chi connectivity index (χ2n) is 9.40. The molecule has 0 radical (unpaired) electrons. The summed E-state index contributed by atoms with van der Waals surface area (Å²) in [4.78, 5) is 23.8. The van der Waals surface area contributed by atoms with Crippen LogP contribution in [0.1, 0.15) is 73.8 Å². The van der Waals surface area contributed by atoms with E-state index in [2.05, 4.69) is 13.8 Å². The first kappa shape index (κ1) is 25.7. The topological polar surface area (TPSA) is 61.8 Å². The van der Waals surface area contributed by atoms with E-state index >= 15 is 0 Å². The first-order valence-corrected chi connectivity index (χ1v) is 10.7. The Bertz CT molecular complexity index is 714. The zero-order valence-electron chi connectivity index (χ0n) is 19.8.